The Balaban J connectivity index is 2.26. The first-order chi connectivity index (χ1) is 13.2. The minimum Gasteiger partial charge on any atom is -0.490 e. The summed E-state index contributed by atoms with van der Waals surface area (Å²) in [6, 6.07) is 7.64. The summed E-state index contributed by atoms with van der Waals surface area (Å²) in [5.41, 5.74) is -0.439. The van der Waals surface area contributed by atoms with Crippen LogP contribution in [-0.4, -0.2) is 60.3 Å². The third-order valence-corrected chi connectivity index (χ3v) is 4.57. The van der Waals surface area contributed by atoms with E-state index in [4.69, 9.17) is 4.74 Å². The average molecular weight is 416 g/mol. The van der Waals surface area contributed by atoms with Crippen molar-refractivity contribution in [3.05, 3.63) is 34.4 Å². The molecule has 9 nitrogen and oxygen atoms in total. The van der Waals surface area contributed by atoms with Crippen molar-refractivity contribution in [2.75, 3.05) is 32.6 Å². The molecule has 28 heavy (non-hydrogen) atoms. The number of para-hydroxylation sites is 1. The molecule has 1 atom stereocenters. The van der Waals surface area contributed by atoms with Gasteiger partial charge in [0.25, 0.3) is 5.09 Å². The predicted molar refractivity (Wildman–Crippen MR) is 107 cm³/mol. The minimum absolute atomic E-state index is 0.103. The van der Waals surface area contributed by atoms with Gasteiger partial charge in [0.1, 0.15) is 18.5 Å². The number of ether oxygens (including phenoxy) is 1. The molecule has 1 rings (SSSR count). The van der Waals surface area contributed by atoms with Gasteiger partial charge in [-0.25, -0.2) is 0 Å². The lowest BCUT2D eigenvalue weighted by Crippen LogP contribution is -2.51. The normalized spacial score (nSPS) is 12.3. The molecule has 0 radical (unpaired) electrons. The third-order valence-electron chi connectivity index (χ3n) is 3.79. The smallest absolute Gasteiger partial charge is 0.294 e. The number of thioether (sulfide) groups is 1. The van der Waals surface area contributed by atoms with Crippen molar-refractivity contribution >= 4 is 17.7 Å². The number of aliphatic hydroxyl groups excluding tert-OH is 1. The monoisotopic (exact) mass is 415 g/mol. The van der Waals surface area contributed by atoms with Gasteiger partial charge in [0, 0.05) is 29.9 Å². The molecule has 0 aromatic heterocycles. The number of carbonyl (C=O) groups excluding carboxylic acids is 1. The van der Waals surface area contributed by atoms with Crippen LogP contribution >= 0.6 is 11.8 Å². The van der Waals surface area contributed by atoms with Crippen LogP contribution in [0.25, 0.3) is 0 Å². The van der Waals surface area contributed by atoms with Crippen LogP contribution < -0.4 is 15.4 Å². The van der Waals surface area contributed by atoms with E-state index in [0.29, 0.717) is 13.1 Å². The molecule has 0 bridgehead atoms. The summed E-state index contributed by atoms with van der Waals surface area (Å²) in [4.78, 5) is 27.0. The first-order valence-corrected chi connectivity index (χ1v) is 10.2. The summed E-state index contributed by atoms with van der Waals surface area (Å²) in [5, 5.41) is 25.3. The Bertz CT molecular complexity index is 629. The molecule has 1 unspecified atom stereocenters. The minimum atomic E-state index is -0.875. The van der Waals surface area contributed by atoms with E-state index < -0.39 is 16.7 Å². The van der Waals surface area contributed by atoms with Gasteiger partial charge in [0.15, 0.2) is 0 Å². The van der Waals surface area contributed by atoms with E-state index >= 15 is 0 Å². The lowest BCUT2D eigenvalue weighted by atomic mass is 10.1. The largest absolute Gasteiger partial charge is 0.490 e. The molecule has 1 amide bonds. The number of hydrogen-bond acceptors (Lipinski definition) is 8. The van der Waals surface area contributed by atoms with Crippen LogP contribution in [-0.2, 0) is 9.63 Å². The van der Waals surface area contributed by atoms with Crippen molar-refractivity contribution in [1.29, 1.82) is 0 Å². The first kappa shape index (κ1) is 24.0. The van der Waals surface area contributed by atoms with Crippen molar-refractivity contribution in [1.82, 2.24) is 10.6 Å². The number of hydrogen-bond donors (Lipinski definition) is 3. The SMILES string of the molecule is CSc1ccccc1OCC(O)CNC(C)(C)CNC(=O)CCCO[N+](=O)[O-]. The highest BCUT2D eigenvalue weighted by Crippen LogP contribution is 2.26. The highest BCUT2D eigenvalue weighted by atomic mass is 32.2. The number of carbonyl (C=O) groups is 1. The Kier molecular flexibility index (Phi) is 10.6. The Labute approximate surface area is 169 Å². The number of β-amino-alcohol motifs (C(OH)–C–C–N with tert-alkyl or cyclic N) is 1. The summed E-state index contributed by atoms with van der Waals surface area (Å²) in [6.45, 7) is 4.52. The molecule has 0 fully saturated rings. The number of rotatable bonds is 14. The van der Waals surface area contributed by atoms with Crippen molar-refractivity contribution in [3.63, 3.8) is 0 Å². The third kappa shape index (κ3) is 10.3. The van der Waals surface area contributed by atoms with Crippen LogP contribution in [0, 0.1) is 10.1 Å². The Morgan fingerprint density at radius 1 is 1.39 bits per heavy atom. The maximum Gasteiger partial charge on any atom is 0.294 e. The van der Waals surface area contributed by atoms with Crippen LogP contribution in [0.4, 0.5) is 0 Å². The van der Waals surface area contributed by atoms with E-state index in [9.17, 15) is 20.0 Å². The molecule has 1 aromatic carbocycles. The van der Waals surface area contributed by atoms with Crippen LogP contribution in [0.2, 0.25) is 0 Å². The number of nitrogens with zero attached hydrogens (tertiary/aromatic N) is 1. The predicted octanol–water partition coefficient (Wildman–Crippen LogP) is 1.62. The van der Waals surface area contributed by atoms with Crippen molar-refractivity contribution < 1.29 is 24.6 Å². The van der Waals surface area contributed by atoms with Gasteiger partial charge in [-0.3, -0.25) is 4.79 Å². The molecule has 0 spiro atoms. The number of nitrogens with one attached hydrogen (secondary N) is 2. The van der Waals surface area contributed by atoms with Gasteiger partial charge in [-0.15, -0.1) is 21.9 Å². The maximum atomic E-state index is 11.8. The van der Waals surface area contributed by atoms with Gasteiger partial charge < -0.3 is 25.3 Å². The lowest BCUT2D eigenvalue weighted by Gasteiger charge is -2.28. The molecular formula is C18H29N3O6S. The average Bonchev–Trinajstić information content (AvgIpc) is 2.66. The van der Waals surface area contributed by atoms with Crippen LogP contribution in [0.1, 0.15) is 26.7 Å². The van der Waals surface area contributed by atoms with E-state index in [1.165, 1.54) is 0 Å². The quantitative estimate of drug-likeness (QED) is 0.181. The lowest BCUT2D eigenvalue weighted by molar-refractivity contribution is -0.757. The molecule has 0 aliphatic heterocycles. The zero-order chi connectivity index (χ0) is 21.0. The van der Waals surface area contributed by atoms with Gasteiger partial charge in [-0.1, -0.05) is 12.1 Å². The summed E-state index contributed by atoms with van der Waals surface area (Å²) >= 11 is 1.58. The highest BCUT2D eigenvalue weighted by Gasteiger charge is 2.20. The Hall–Kier alpha value is -2.04. The fraction of sp³-hybridized carbons (Fsp3) is 0.611. The second-order valence-electron chi connectivity index (χ2n) is 6.82. The zero-order valence-corrected chi connectivity index (χ0v) is 17.3. The summed E-state index contributed by atoms with van der Waals surface area (Å²) < 4.78 is 5.68. The zero-order valence-electron chi connectivity index (χ0n) is 16.5. The highest BCUT2D eigenvalue weighted by molar-refractivity contribution is 7.98. The summed E-state index contributed by atoms with van der Waals surface area (Å²) in [6.07, 6.45) is 1.68. The van der Waals surface area contributed by atoms with E-state index in [-0.39, 0.29) is 32.0 Å². The second kappa shape index (κ2) is 12.4. The van der Waals surface area contributed by atoms with Crippen molar-refractivity contribution in [3.8, 4) is 5.75 Å². The molecule has 1 aromatic rings. The molecule has 3 N–H and O–H groups in total. The number of benzene rings is 1. The van der Waals surface area contributed by atoms with E-state index in [1.54, 1.807) is 11.8 Å². The van der Waals surface area contributed by atoms with E-state index in [0.717, 1.165) is 10.6 Å². The number of aliphatic hydroxyl groups is 1. The van der Waals surface area contributed by atoms with Crippen molar-refractivity contribution in [2.24, 2.45) is 0 Å². The molecule has 0 aliphatic rings. The van der Waals surface area contributed by atoms with Crippen molar-refractivity contribution in [2.45, 2.75) is 43.2 Å². The molecule has 0 aliphatic carbocycles. The van der Waals surface area contributed by atoms with Gasteiger partial charge >= 0.3 is 0 Å². The maximum absolute atomic E-state index is 11.8. The molecule has 0 heterocycles. The van der Waals surface area contributed by atoms with Crippen LogP contribution in [0.3, 0.4) is 0 Å². The van der Waals surface area contributed by atoms with Crippen LogP contribution in [0.15, 0.2) is 29.2 Å². The fourth-order valence-corrected chi connectivity index (χ4v) is 2.76. The second-order valence-corrected chi connectivity index (χ2v) is 7.67. The van der Waals surface area contributed by atoms with E-state index in [1.807, 2.05) is 44.4 Å². The molecule has 10 heteroatoms. The van der Waals surface area contributed by atoms with Crippen LogP contribution in [0.5, 0.6) is 5.75 Å². The summed E-state index contributed by atoms with van der Waals surface area (Å²) in [5.74, 6) is 0.529. The van der Waals surface area contributed by atoms with Gasteiger partial charge in [-0.2, -0.15) is 0 Å². The molecular weight excluding hydrogens is 386 g/mol. The van der Waals surface area contributed by atoms with Gasteiger partial charge in [0.05, 0.1) is 6.61 Å². The Morgan fingerprint density at radius 2 is 2.11 bits per heavy atom. The fourth-order valence-electron chi connectivity index (χ4n) is 2.22. The molecule has 158 valence electrons. The van der Waals surface area contributed by atoms with Gasteiger partial charge in [0.2, 0.25) is 5.91 Å². The first-order valence-electron chi connectivity index (χ1n) is 8.96. The topological polar surface area (TPSA) is 123 Å². The Morgan fingerprint density at radius 3 is 2.79 bits per heavy atom. The molecule has 0 saturated carbocycles. The standard InChI is InChI=1S/C18H29N3O6S/c1-18(2,13-19-17(23)9-6-10-27-21(24)25)20-11-14(22)12-26-15-7-4-5-8-16(15)28-3/h4-5,7-8,14,20,22H,6,9-13H2,1-3H3,(H,19,23). The van der Waals surface area contributed by atoms with Gasteiger partial charge in [-0.05, 0) is 38.7 Å². The number of amides is 1. The summed E-state index contributed by atoms with van der Waals surface area (Å²) in [7, 11) is 0. The molecule has 0 saturated heterocycles. The van der Waals surface area contributed by atoms with E-state index in [2.05, 4.69) is 15.5 Å².